The Morgan fingerprint density at radius 1 is 1.67 bits per heavy atom. The summed E-state index contributed by atoms with van der Waals surface area (Å²) in [7, 11) is 1.64. The minimum absolute atomic E-state index is 0.260. The largest absolute Gasteiger partial charge is 0.377 e. The molecule has 0 heterocycles. The summed E-state index contributed by atoms with van der Waals surface area (Å²) in [6, 6.07) is -0.306. The number of rotatable bonds is 5. The molecule has 0 aromatic carbocycles. The van der Waals surface area contributed by atoms with Crippen LogP contribution in [-0.2, 0) is 9.53 Å². The van der Waals surface area contributed by atoms with Gasteiger partial charge in [0.1, 0.15) is 0 Å². The highest BCUT2D eigenvalue weighted by molar-refractivity contribution is 5.79. The smallest absolute Gasteiger partial charge is 0.234 e. The van der Waals surface area contributed by atoms with Crippen molar-refractivity contribution in [3.63, 3.8) is 0 Å². The van der Waals surface area contributed by atoms with Crippen molar-refractivity contribution in [3.8, 4) is 0 Å². The molecule has 4 nitrogen and oxygen atoms in total. The molecule has 0 saturated heterocycles. The lowest BCUT2D eigenvalue weighted by molar-refractivity contribution is -0.119. The SMILES string of the molecule is COC(C)(C)CNC(C)C(N)=O. The third-order valence-corrected chi connectivity index (χ3v) is 1.81. The molecule has 1 amide bonds. The van der Waals surface area contributed by atoms with Crippen molar-refractivity contribution in [2.75, 3.05) is 13.7 Å². The molecule has 0 fully saturated rings. The fraction of sp³-hybridized carbons (Fsp3) is 0.875. The molecule has 3 N–H and O–H groups in total. The molecule has 0 aliphatic heterocycles. The van der Waals surface area contributed by atoms with E-state index in [4.69, 9.17) is 10.5 Å². The molecule has 4 heteroatoms. The van der Waals surface area contributed by atoms with Crippen LogP contribution < -0.4 is 11.1 Å². The summed E-state index contributed by atoms with van der Waals surface area (Å²) in [5.41, 5.74) is 4.80. The molecule has 0 aliphatic carbocycles. The van der Waals surface area contributed by atoms with Gasteiger partial charge in [-0.15, -0.1) is 0 Å². The maximum Gasteiger partial charge on any atom is 0.234 e. The van der Waals surface area contributed by atoms with E-state index in [2.05, 4.69) is 5.32 Å². The van der Waals surface area contributed by atoms with Gasteiger partial charge in [-0.3, -0.25) is 4.79 Å². The molecule has 0 saturated carbocycles. The van der Waals surface area contributed by atoms with Crippen LogP contribution in [0.2, 0.25) is 0 Å². The first kappa shape index (κ1) is 11.4. The molecular formula is C8H18N2O2. The summed E-state index contributed by atoms with van der Waals surface area (Å²) in [6.45, 7) is 6.21. The molecule has 0 aromatic rings. The number of carbonyl (C=O) groups excluding carboxylic acids is 1. The lowest BCUT2D eigenvalue weighted by Gasteiger charge is -2.24. The number of nitrogens with two attached hydrogens (primary N) is 1. The Morgan fingerprint density at radius 2 is 2.17 bits per heavy atom. The fourth-order valence-electron chi connectivity index (χ4n) is 0.572. The predicted molar refractivity (Wildman–Crippen MR) is 47.7 cm³/mol. The molecule has 72 valence electrons. The van der Waals surface area contributed by atoms with E-state index in [1.54, 1.807) is 14.0 Å². The predicted octanol–water partition coefficient (Wildman–Crippen LogP) is -0.125. The van der Waals surface area contributed by atoms with Gasteiger partial charge in [0.15, 0.2) is 0 Å². The molecule has 0 aliphatic rings. The number of ether oxygens (including phenoxy) is 1. The van der Waals surface area contributed by atoms with Gasteiger partial charge in [0.25, 0.3) is 0 Å². The summed E-state index contributed by atoms with van der Waals surface area (Å²) >= 11 is 0. The Kier molecular flexibility index (Phi) is 4.20. The van der Waals surface area contributed by atoms with E-state index < -0.39 is 0 Å². The third kappa shape index (κ3) is 4.31. The van der Waals surface area contributed by atoms with Crippen LogP contribution in [0.1, 0.15) is 20.8 Å². The zero-order valence-corrected chi connectivity index (χ0v) is 8.18. The Bertz CT molecular complexity index is 157. The Balaban J connectivity index is 3.75. The van der Waals surface area contributed by atoms with E-state index in [9.17, 15) is 4.79 Å². The van der Waals surface area contributed by atoms with Gasteiger partial charge in [-0.05, 0) is 20.8 Å². The molecule has 12 heavy (non-hydrogen) atoms. The molecule has 0 bridgehead atoms. The first-order valence-corrected chi connectivity index (χ1v) is 3.97. The Labute approximate surface area is 73.5 Å². The molecule has 1 atom stereocenters. The summed E-state index contributed by atoms with van der Waals surface area (Å²) in [5, 5.41) is 2.97. The zero-order chi connectivity index (χ0) is 9.78. The second kappa shape index (κ2) is 4.42. The highest BCUT2D eigenvalue weighted by atomic mass is 16.5. The van der Waals surface area contributed by atoms with E-state index in [1.165, 1.54) is 0 Å². The van der Waals surface area contributed by atoms with Crippen LogP contribution in [0.4, 0.5) is 0 Å². The number of hydrogen-bond donors (Lipinski definition) is 2. The lowest BCUT2D eigenvalue weighted by atomic mass is 10.1. The van der Waals surface area contributed by atoms with Crippen molar-refractivity contribution in [2.24, 2.45) is 5.73 Å². The number of methoxy groups -OCH3 is 1. The highest BCUT2D eigenvalue weighted by Gasteiger charge is 2.18. The molecule has 1 unspecified atom stereocenters. The van der Waals surface area contributed by atoms with Crippen LogP contribution in [0.3, 0.4) is 0 Å². The Morgan fingerprint density at radius 3 is 2.50 bits per heavy atom. The number of primary amides is 1. The van der Waals surface area contributed by atoms with Crippen LogP contribution in [0.15, 0.2) is 0 Å². The molecule has 0 spiro atoms. The van der Waals surface area contributed by atoms with E-state index in [-0.39, 0.29) is 17.6 Å². The summed E-state index contributed by atoms with van der Waals surface area (Å²) < 4.78 is 5.15. The number of carbonyl (C=O) groups is 1. The van der Waals surface area contributed by atoms with Crippen LogP contribution in [0.5, 0.6) is 0 Å². The highest BCUT2D eigenvalue weighted by Crippen LogP contribution is 2.04. The minimum atomic E-state index is -0.345. The van der Waals surface area contributed by atoms with Crippen LogP contribution in [0.25, 0.3) is 0 Å². The number of nitrogens with one attached hydrogen (secondary N) is 1. The van der Waals surface area contributed by atoms with Gasteiger partial charge in [0.2, 0.25) is 5.91 Å². The van der Waals surface area contributed by atoms with Crippen LogP contribution in [-0.4, -0.2) is 31.2 Å². The van der Waals surface area contributed by atoms with E-state index >= 15 is 0 Å². The van der Waals surface area contributed by atoms with Gasteiger partial charge in [-0.25, -0.2) is 0 Å². The van der Waals surface area contributed by atoms with Gasteiger partial charge in [0, 0.05) is 13.7 Å². The van der Waals surface area contributed by atoms with Gasteiger partial charge in [-0.1, -0.05) is 0 Å². The molecule has 0 aromatic heterocycles. The topological polar surface area (TPSA) is 64.3 Å². The second-order valence-electron chi connectivity index (χ2n) is 3.47. The fourth-order valence-corrected chi connectivity index (χ4v) is 0.572. The first-order valence-electron chi connectivity index (χ1n) is 3.97. The lowest BCUT2D eigenvalue weighted by Crippen LogP contribution is -2.46. The Hall–Kier alpha value is -0.610. The van der Waals surface area contributed by atoms with Gasteiger partial charge in [-0.2, -0.15) is 0 Å². The summed E-state index contributed by atoms with van der Waals surface area (Å²) in [6.07, 6.45) is 0. The van der Waals surface area contributed by atoms with Crippen molar-refractivity contribution < 1.29 is 9.53 Å². The molecular weight excluding hydrogens is 156 g/mol. The van der Waals surface area contributed by atoms with Crippen molar-refractivity contribution in [1.29, 1.82) is 0 Å². The van der Waals surface area contributed by atoms with Gasteiger partial charge in [0.05, 0.1) is 11.6 Å². The van der Waals surface area contributed by atoms with Crippen molar-refractivity contribution >= 4 is 5.91 Å². The van der Waals surface area contributed by atoms with E-state index in [1.807, 2.05) is 13.8 Å². The van der Waals surface area contributed by atoms with Crippen molar-refractivity contribution in [3.05, 3.63) is 0 Å². The average molecular weight is 174 g/mol. The van der Waals surface area contributed by atoms with Gasteiger partial charge < -0.3 is 15.8 Å². The second-order valence-corrected chi connectivity index (χ2v) is 3.47. The molecule has 0 rings (SSSR count). The monoisotopic (exact) mass is 174 g/mol. The zero-order valence-electron chi connectivity index (χ0n) is 8.18. The van der Waals surface area contributed by atoms with Gasteiger partial charge >= 0.3 is 0 Å². The quantitative estimate of drug-likeness (QED) is 0.610. The minimum Gasteiger partial charge on any atom is -0.377 e. The van der Waals surface area contributed by atoms with E-state index in [0.29, 0.717) is 6.54 Å². The standard InChI is InChI=1S/C8H18N2O2/c1-6(7(9)11)10-5-8(2,3)12-4/h6,10H,5H2,1-4H3,(H2,9,11). The maximum atomic E-state index is 10.6. The third-order valence-electron chi connectivity index (χ3n) is 1.81. The number of amides is 1. The summed E-state index contributed by atoms with van der Waals surface area (Å²) in [5.74, 6) is -0.345. The van der Waals surface area contributed by atoms with Crippen LogP contribution >= 0.6 is 0 Å². The normalized spacial score (nSPS) is 14.3. The maximum absolute atomic E-state index is 10.6. The molecule has 0 radical (unpaired) electrons. The summed E-state index contributed by atoms with van der Waals surface area (Å²) in [4.78, 5) is 10.6. The van der Waals surface area contributed by atoms with E-state index in [0.717, 1.165) is 0 Å². The van der Waals surface area contributed by atoms with Crippen LogP contribution in [0, 0.1) is 0 Å². The first-order chi connectivity index (χ1) is 5.39. The number of hydrogen-bond acceptors (Lipinski definition) is 3. The average Bonchev–Trinajstić information content (AvgIpc) is 2.00. The van der Waals surface area contributed by atoms with Crippen molar-refractivity contribution in [1.82, 2.24) is 5.32 Å². The van der Waals surface area contributed by atoms with Crippen molar-refractivity contribution in [2.45, 2.75) is 32.4 Å².